The fraction of sp³-hybridized carbons (Fsp3) is 0.500. The first-order valence-electron chi connectivity index (χ1n) is 5.87. The van der Waals surface area contributed by atoms with E-state index in [0.29, 0.717) is 11.4 Å². The number of amides is 1. The zero-order valence-corrected chi connectivity index (χ0v) is 10.4. The first-order valence-corrected chi connectivity index (χ1v) is 5.87. The molecular formula is C12H20N4O. The number of rotatable bonds is 6. The van der Waals surface area contributed by atoms with Gasteiger partial charge in [-0.25, -0.2) is 10.8 Å². The second kappa shape index (κ2) is 6.85. The monoisotopic (exact) mass is 236 g/mol. The fourth-order valence-electron chi connectivity index (χ4n) is 1.60. The molecule has 0 aliphatic heterocycles. The molecule has 5 nitrogen and oxygen atoms in total. The van der Waals surface area contributed by atoms with E-state index in [-0.39, 0.29) is 5.91 Å². The molecule has 0 aliphatic rings. The molecule has 0 aliphatic carbocycles. The van der Waals surface area contributed by atoms with Crippen molar-refractivity contribution in [2.75, 3.05) is 19.0 Å². The summed E-state index contributed by atoms with van der Waals surface area (Å²) in [5, 5.41) is 0. The topological polar surface area (TPSA) is 71.2 Å². The summed E-state index contributed by atoms with van der Waals surface area (Å²) in [6.07, 6.45) is 4.89. The van der Waals surface area contributed by atoms with Crippen molar-refractivity contribution in [3.63, 3.8) is 0 Å². The molecule has 0 atom stereocenters. The van der Waals surface area contributed by atoms with Crippen LogP contribution in [0.1, 0.15) is 36.5 Å². The van der Waals surface area contributed by atoms with Gasteiger partial charge in [0.15, 0.2) is 5.82 Å². The van der Waals surface area contributed by atoms with Crippen molar-refractivity contribution < 1.29 is 4.79 Å². The molecule has 0 aromatic carbocycles. The number of nitrogens with two attached hydrogens (primary N) is 1. The van der Waals surface area contributed by atoms with Gasteiger partial charge in [-0.1, -0.05) is 19.8 Å². The molecule has 94 valence electrons. The number of hydrogen-bond donors (Lipinski definition) is 2. The number of unbranched alkanes of at least 4 members (excludes halogenated alkanes) is 2. The molecule has 0 unspecified atom stereocenters. The van der Waals surface area contributed by atoms with Crippen LogP contribution < -0.4 is 11.3 Å². The first kappa shape index (κ1) is 13.4. The highest BCUT2D eigenvalue weighted by Gasteiger charge is 2.15. The summed E-state index contributed by atoms with van der Waals surface area (Å²) in [4.78, 5) is 17.8. The Bertz CT molecular complexity index is 367. The van der Waals surface area contributed by atoms with Crippen molar-refractivity contribution in [1.82, 2.24) is 9.88 Å². The quantitative estimate of drug-likeness (QED) is 0.447. The molecule has 0 bridgehead atoms. The average molecular weight is 236 g/mol. The minimum atomic E-state index is -0.0536. The van der Waals surface area contributed by atoms with Gasteiger partial charge >= 0.3 is 0 Å². The Hall–Kier alpha value is -1.62. The third-order valence-corrected chi connectivity index (χ3v) is 2.62. The molecule has 1 aromatic rings. The van der Waals surface area contributed by atoms with Gasteiger partial charge in [-0.05, 0) is 18.6 Å². The number of nitrogens with zero attached hydrogens (tertiary/aromatic N) is 2. The number of anilines is 1. The maximum atomic E-state index is 12.1. The highest BCUT2D eigenvalue weighted by Crippen LogP contribution is 2.12. The van der Waals surface area contributed by atoms with Crippen molar-refractivity contribution in [1.29, 1.82) is 0 Å². The maximum Gasteiger partial charge on any atom is 0.257 e. The molecule has 1 aromatic heterocycles. The second-order valence-electron chi connectivity index (χ2n) is 3.98. The van der Waals surface area contributed by atoms with Crippen LogP contribution in [0.4, 0.5) is 5.82 Å². The molecule has 1 heterocycles. The van der Waals surface area contributed by atoms with Gasteiger partial charge in [0.05, 0.1) is 5.56 Å². The van der Waals surface area contributed by atoms with E-state index in [0.717, 1.165) is 25.8 Å². The molecule has 0 spiro atoms. The van der Waals surface area contributed by atoms with Crippen LogP contribution in [0, 0.1) is 0 Å². The molecule has 0 saturated heterocycles. The highest BCUT2D eigenvalue weighted by atomic mass is 16.2. The largest absolute Gasteiger partial charge is 0.342 e. The standard InChI is InChI=1S/C12H20N4O/c1-3-4-5-9-16(2)12(17)10-7-6-8-14-11(10)15-13/h6-8H,3-5,9,13H2,1-2H3,(H,14,15). The van der Waals surface area contributed by atoms with Crippen molar-refractivity contribution in [3.05, 3.63) is 23.9 Å². The molecule has 0 radical (unpaired) electrons. The summed E-state index contributed by atoms with van der Waals surface area (Å²) in [6.45, 7) is 2.89. The summed E-state index contributed by atoms with van der Waals surface area (Å²) in [5.41, 5.74) is 2.95. The highest BCUT2D eigenvalue weighted by molar-refractivity contribution is 5.98. The minimum Gasteiger partial charge on any atom is -0.342 e. The number of nitrogens with one attached hydrogen (secondary N) is 1. The summed E-state index contributed by atoms with van der Waals surface area (Å²) in [6, 6.07) is 3.45. The van der Waals surface area contributed by atoms with Crippen molar-refractivity contribution in [2.24, 2.45) is 5.84 Å². The number of carbonyl (C=O) groups is 1. The zero-order chi connectivity index (χ0) is 12.7. The SMILES string of the molecule is CCCCCN(C)C(=O)c1cccnc1NN. The van der Waals surface area contributed by atoms with Crippen LogP contribution in [0.3, 0.4) is 0 Å². The zero-order valence-electron chi connectivity index (χ0n) is 10.4. The second-order valence-corrected chi connectivity index (χ2v) is 3.98. The van der Waals surface area contributed by atoms with E-state index < -0.39 is 0 Å². The van der Waals surface area contributed by atoms with Gasteiger partial charge in [0.2, 0.25) is 0 Å². The molecule has 1 amide bonds. The van der Waals surface area contributed by atoms with Gasteiger partial charge < -0.3 is 10.3 Å². The van der Waals surface area contributed by atoms with Crippen LogP contribution in [0.25, 0.3) is 0 Å². The molecule has 3 N–H and O–H groups in total. The van der Waals surface area contributed by atoms with Gasteiger partial charge in [0.25, 0.3) is 5.91 Å². The number of nitrogen functional groups attached to an aromatic ring is 1. The van der Waals surface area contributed by atoms with E-state index in [2.05, 4.69) is 17.3 Å². The van der Waals surface area contributed by atoms with Gasteiger partial charge in [0, 0.05) is 19.8 Å². The van der Waals surface area contributed by atoms with Crippen LogP contribution in [-0.2, 0) is 0 Å². The van der Waals surface area contributed by atoms with Gasteiger partial charge in [-0.3, -0.25) is 4.79 Å². The minimum absolute atomic E-state index is 0.0536. The summed E-state index contributed by atoms with van der Waals surface area (Å²) < 4.78 is 0. The number of pyridine rings is 1. The lowest BCUT2D eigenvalue weighted by Crippen LogP contribution is -2.29. The summed E-state index contributed by atoms with van der Waals surface area (Å²) in [5.74, 6) is 5.69. The lowest BCUT2D eigenvalue weighted by molar-refractivity contribution is 0.0793. The van der Waals surface area contributed by atoms with E-state index in [1.807, 2.05) is 0 Å². The third kappa shape index (κ3) is 3.71. The number of carbonyl (C=O) groups excluding carboxylic acids is 1. The number of aromatic nitrogens is 1. The van der Waals surface area contributed by atoms with Crippen LogP contribution in [0.5, 0.6) is 0 Å². The van der Waals surface area contributed by atoms with E-state index >= 15 is 0 Å². The van der Waals surface area contributed by atoms with Crippen molar-refractivity contribution in [3.8, 4) is 0 Å². The normalized spacial score (nSPS) is 10.1. The predicted octanol–water partition coefficient (Wildman–Crippen LogP) is 1.63. The Balaban J connectivity index is 2.67. The number of hydrogen-bond acceptors (Lipinski definition) is 4. The van der Waals surface area contributed by atoms with Gasteiger partial charge in [-0.15, -0.1) is 0 Å². The van der Waals surface area contributed by atoms with E-state index in [1.165, 1.54) is 0 Å². The maximum absolute atomic E-state index is 12.1. The van der Waals surface area contributed by atoms with Crippen molar-refractivity contribution in [2.45, 2.75) is 26.2 Å². The Morgan fingerprint density at radius 2 is 2.29 bits per heavy atom. The molecule has 1 rings (SSSR count). The summed E-state index contributed by atoms with van der Waals surface area (Å²) in [7, 11) is 1.80. The lowest BCUT2D eigenvalue weighted by atomic mass is 10.2. The van der Waals surface area contributed by atoms with E-state index in [4.69, 9.17) is 5.84 Å². The predicted molar refractivity (Wildman–Crippen MR) is 68.5 cm³/mol. The fourth-order valence-corrected chi connectivity index (χ4v) is 1.60. The van der Waals surface area contributed by atoms with Gasteiger partial charge in [-0.2, -0.15) is 0 Å². The van der Waals surface area contributed by atoms with E-state index in [9.17, 15) is 4.79 Å². The molecule has 0 saturated carbocycles. The van der Waals surface area contributed by atoms with E-state index in [1.54, 1.807) is 30.3 Å². The van der Waals surface area contributed by atoms with Crippen LogP contribution in [0.15, 0.2) is 18.3 Å². The summed E-state index contributed by atoms with van der Waals surface area (Å²) >= 11 is 0. The molecular weight excluding hydrogens is 216 g/mol. The smallest absolute Gasteiger partial charge is 0.257 e. The Labute approximate surface area is 102 Å². The Morgan fingerprint density at radius 3 is 2.94 bits per heavy atom. The van der Waals surface area contributed by atoms with Crippen LogP contribution in [0.2, 0.25) is 0 Å². The molecule has 5 heteroatoms. The first-order chi connectivity index (χ1) is 8.20. The van der Waals surface area contributed by atoms with Crippen LogP contribution in [-0.4, -0.2) is 29.4 Å². The van der Waals surface area contributed by atoms with Gasteiger partial charge in [0.1, 0.15) is 0 Å². The average Bonchev–Trinajstić information content (AvgIpc) is 2.38. The molecule has 0 fully saturated rings. The molecule has 17 heavy (non-hydrogen) atoms. The Kier molecular flexibility index (Phi) is 5.42. The third-order valence-electron chi connectivity index (χ3n) is 2.62. The lowest BCUT2D eigenvalue weighted by Gasteiger charge is -2.18. The number of hydrazine groups is 1. The van der Waals surface area contributed by atoms with Crippen molar-refractivity contribution >= 4 is 11.7 Å². The van der Waals surface area contributed by atoms with Crippen LogP contribution >= 0.6 is 0 Å². The Morgan fingerprint density at radius 1 is 1.53 bits per heavy atom.